The highest BCUT2D eigenvalue weighted by Crippen LogP contribution is 2.25. The maximum Gasteiger partial charge on any atom is 0.335 e. The number of carboxylic acids is 1. The molecule has 3 aromatic heterocycles. The lowest BCUT2D eigenvalue weighted by molar-refractivity contribution is -0.0590. The van der Waals surface area contributed by atoms with E-state index in [4.69, 9.17) is 26.1 Å². The van der Waals surface area contributed by atoms with Crippen molar-refractivity contribution in [3.8, 4) is 17.1 Å². The lowest BCUT2D eigenvalue weighted by atomic mass is 10.1. The minimum absolute atomic E-state index is 0.0171. The van der Waals surface area contributed by atoms with Crippen LogP contribution in [0.5, 0.6) is 5.88 Å². The van der Waals surface area contributed by atoms with E-state index < -0.39 is 11.8 Å². The van der Waals surface area contributed by atoms with Crippen LogP contribution in [0.4, 0.5) is 4.39 Å². The molecule has 0 unspecified atom stereocenters. The van der Waals surface area contributed by atoms with Crippen molar-refractivity contribution in [3.05, 3.63) is 94.8 Å². The zero-order valence-corrected chi connectivity index (χ0v) is 21.4. The van der Waals surface area contributed by atoms with Gasteiger partial charge in [-0.05, 0) is 42.8 Å². The molecule has 198 valence electrons. The van der Waals surface area contributed by atoms with E-state index in [1.807, 2.05) is 22.9 Å². The van der Waals surface area contributed by atoms with Crippen molar-refractivity contribution in [2.45, 2.75) is 32.2 Å². The van der Waals surface area contributed by atoms with Crippen molar-refractivity contribution in [2.24, 2.45) is 0 Å². The first kappa shape index (κ1) is 25.0. The Morgan fingerprint density at radius 1 is 1.18 bits per heavy atom. The van der Waals surface area contributed by atoms with Gasteiger partial charge in [0.25, 0.3) is 0 Å². The fraction of sp³-hybridized carbons (Fsp3) is 0.214. The summed E-state index contributed by atoms with van der Waals surface area (Å²) in [5, 5.41) is 14.3. The molecular formula is C28H23ClFN5O4. The summed E-state index contributed by atoms with van der Waals surface area (Å²) in [6, 6.07) is 14.7. The van der Waals surface area contributed by atoms with Crippen molar-refractivity contribution in [3.63, 3.8) is 0 Å². The summed E-state index contributed by atoms with van der Waals surface area (Å²) in [5.74, 6) is -0.326. The predicted octanol–water partition coefficient (Wildman–Crippen LogP) is 5.20. The minimum atomic E-state index is -0.986. The van der Waals surface area contributed by atoms with Crippen LogP contribution in [-0.4, -0.2) is 48.1 Å². The van der Waals surface area contributed by atoms with Crippen molar-refractivity contribution >= 4 is 28.6 Å². The molecule has 1 atom stereocenters. The average Bonchev–Trinajstić information content (AvgIpc) is 3.50. The fourth-order valence-corrected chi connectivity index (χ4v) is 4.59. The van der Waals surface area contributed by atoms with E-state index in [2.05, 4.69) is 10.1 Å². The summed E-state index contributed by atoms with van der Waals surface area (Å²) in [6.07, 6.45) is 4.57. The second kappa shape index (κ2) is 10.5. The summed E-state index contributed by atoms with van der Waals surface area (Å²) in [6.45, 7) is 1.69. The zero-order valence-electron chi connectivity index (χ0n) is 20.6. The van der Waals surface area contributed by atoms with Gasteiger partial charge < -0.3 is 19.1 Å². The number of carbonyl (C=O) groups is 1. The van der Waals surface area contributed by atoms with Crippen molar-refractivity contribution in [1.82, 2.24) is 24.3 Å². The number of imidazole rings is 1. The SMILES string of the molecule is O=C(O)c1ccc2nc(Cn3cc(-c4cccc(OCc5ccc(Cl)cc5F)n4)cn3)n(C[C@@H]3CCO3)c2c1. The van der Waals surface area contributed by atoms with E-state index >= 15 is 0 Å². The Morgan fingerprint density at radius 2 is 2.05 bits per heavy atom. The molecule has 1 saturated heterocycles. The monoisotopic (exact) mass is 547 g/mol. The summed E-state index contributed by atoms with van der Waals surface area (Å²) in [7, 11) is 0. The van der Waals surface area contributed by atoms with Crippen molar-refractivity contribution < 1.29 is 23.8 Å². The largest absolute Gasteiger partial charge is 0.478 e. The molecule has 4 heterocycles. The highest BCUT2D eigenvalue weighted by molar-refractivity contribution is 6.30. The third-order valence-electron chi connectivity index (χ3n) is 6.60. The smallest absolute Gasteiger partial charge is 0.335 e. The van der Waals surface area contributed by atoms with Crippen LogP contribution in [-0.2, 0) is 24.4 Å². The normalized spacial score (nSPS) is 14.9. The van der Waals surface area contributed by atoms with Gasteiger partial charge >= 0.3 is 5.97 Å². The van der Waals surface area contributed by atoms with Crippen LogP contribution in [0.2, 0.25) is 5.02 Å². The van der Waals surface area contributed by atoms with Gasteiger partial charge in [-0.1, -0.05) is 23.7 Å². The molecule has 6 rings (SSSR count). The predicted molar refractivity (Wildman–Crippen MR) is 141 cm³/mol. The molecule has 1 fully saturated rings. The van der Waals surface area contributed by atoms with E-state index in [0.29, 0.717) is 40.8 Å². The first-order valence-corrected chi connectivity index (χ1v) is 12.7. The molecular weight excluding hydrogens is 525 g/mol. The molecule has 0 bridgehead atoms. The van der Waals surface area contributed by atoms with Gasteiger partial charge in [-0.2, -0.15) is 5.10 Å². The number of pyridine rings is 1. The number of rotatable bonds is 9. The molecule has 1 aliphatic heterocycles. The molecule has 2 aromatic carbocycles. The maximum atomic E-state index is 14.1. The molecule has 0 amide bonds. The number of fused-ring (bicyclic) bond motifs is 1. The van der Waals surface area contributed by atoms with Crippen LogP contribution in [0, 0.1) is 5.82 Å². The summed E-state index contributed by atoms with van der Waals surface area (Å²) < 4.78 is 29.2. The van der Waals surface area contributed by atoms with Gasteiger partial charge in [-0.3, -0.25) is 4.68 Å². The van der Waals surface area contributed by atoms with Gasteiger partial charge in [-0.25, -0.2) is 19.2 Å². The lowest BCUT2D eigenvalue weighted by Crippen LogP contribution is -2.32. The van der Waals surface area contributed by atoms with E-state index in [-0.39, 0.29) is 18.3 Å². The number of aromatic carboxylic acids is 1. The Bertz CT molecular complexity index is 1680. The highest BCUT2D eigenvalue weighted by Gasteiger charge is 2.23. The van der Waals surface area contributed by atoms with Crippen molar-refractivity contribution in [1.29, 1.82) is 0 Å². The van der Waals surface area contributed by atoms with Crippen LogP contribution in [0.25, 0.3) is 22.3 Å². The van der Waals surface area contributed by atoms with Crippen LogP contribution >= 0.6 is 11.6 Å². The number of aromatic nitrogens is 5. The number of ether oxygens (including phenoxy) is 2. The second-order valence-electron chi connectivity index (χ2n) is 9.24. The molecule has 5 aromatic rings. The van der Waals surface area contributed by atoms with Gasteiger partial charge in [0.2, 0.25) is 5.88 Å². The molecule has 1 aliphatic rings. The Kier molecular flexibility index (Phi) is 6.72. The van der Waals surface area contributed by atoms with Crippen LogP contribution in [0.15, 0.2) is 67.0 Å². The van der Waals surface area contributed by atoms with Gasteiger partial charge in [0.15, 0.2) is 0 Å². The third kappa shape index (κ3) is 5.34. The molecule has 39 heavy (non-hydrogen) atoms. The number of hydrogen-bond donors (Lipinski definition) is 1. The Hall–Kier alpha value is -4.28. The number of halogens is 2. The third-order valence-corrected chi connectivity index (χ3v) is 6.84. The molecule has 0 spiro atoms. The molecule has 1 N–H and O–H groups in total. The van der Waals surface area contributed by atoms with E-state index in [1.165, 1.54) is 6.07 Å². The van der Waals surface area contributed by atoms with Crippen molar-refractivity contribution in [2.75, 3.05) is 6.61 Å². The standard InChI is InChI=1S/C28H23ClFN5O4/c29-20-6-4-18(22(30)11-20)16-39-27-3-1-2-23(33-27)19-12-31-34(13-19)15-26-32-24-7-5-17(28(36)37)10-25(24)35(26)14-21-8-9-38-21/h1-7,10-13,21H,8-9,14-16H2,(H,36,37)/t21-/m0/s1. The Labute approximate surface area is 227 Å². The van der Waals surface area contributed by atoms with Gasteiger partial charge in [0, 0.05) is 35.0 Å². The van der Waals surface area contributed by atoms with Crippen LogP contribution in [0.3, 0.4) is 0 Å². The second-order valence-corrected chi connectivity index (χ2v) is 9.68. The molecule has 0 saturated carbocycles. The van der Waals surface area contributed by atoms with E-state index in [0.717, 1.165) is 29.9 Å². The average molecular weight is 548 g/mol. The fourth-order valence-electron chi connectivity index (χ4n) is 4.44. The van der Waals surface area contributed by atoms with Gasteiger partial charge in [0.1, 0.15) is 18.2 Å². The maximum absolute atomic E-state index is 14.1. The Balaban J connectivity index is 1.22. The quantitative estimate of drug-likeness (QED) is 0.270. The van der Waals surface area contributed by atoms with Gasteiger partial charge in [-0.15, -0.1) is 0 Å². The van der Waals surface area contributed by atoms with E-state index in [1.54, 1.807) is 47.3 Å². The van der Waals surface area contributed by atoms with Crippen LogP contribution < -0.4 is 4.74 Å². The van der Waals surface area contributed by atoms with E-state index in [9.17, 15) is 14.3 Å². The molecule has 0 aliphatic carbocycles. The number of hydrogen-bond acceptors (Lipinski definition) is 6. The Morgan fingerprint density at radius 3 is 2.82 bits per heavy atom. The summed E-state index contributed by atoms with van der Waals surface area (Å²) in [5.41, 5.74) is 3.47. The van der Waals surface area contributed by atoms with Gasteiger partial charge in [0.05, 0.1) is 47.7 Å². The molecule has 9 nitrogen and oxygen atoms in total. The van der Waals surface area contributed by atoms with Crippen LogP contribution in [0.1, 0.15) is 28.2 Å². The first-order valence-electron chi connectivity index (χ1n) is 12.3. The molecule has 11 heteroatoms. The summed E-state index contributed by atoms with van der Waals surface area (Å²) in [4.78, 5) is 20.8. The highest BCUT2D eigenvalue weighted by atomic mass is 35.5. The number of benzene rings is 2. The minimum Gasteiger partial charge on any atom is -0.478 e. The topological polar surface area (TPSA) is 104 Å². The molecule has 0 radical (unpaired) electrons. The lowest BCUT2D eigenvalue weighted by Gasteiger charge is -2.27. The zero-order chi connectivity index (χ0) is 26.9. The number of nitrogens with zero attached hydrogens (tertiary/aromatic N) is 5. The number of carboxylic acid groups (broad SMARTS) is 1. The first-order chi connectivity index (χ1) is 18.9. The summed E-state index contributed by atoms with van der Waals surface area (Å²) >= 11 is 5.82.